The van der Waals surface area contributed by atoms with Gasteiger partial charge in [0, 0.05) is 6.42 Å². The summed E-state index contributed by atoms with van der Waals surface area (Å²) in [6.45, 7) is 0.699. The van der Waals surface area contributed by atoms with Gasteiger partial charge < -0.3 is 8.92 Å². The fraction of sp³-hybridized carbons (Fsp3) is 0.727. The van der Waals surface area contributed by atoms with Crippen molar-refractivity contribution in [2.45, 2.75) is 37.9 Å². The van der Waals surface area contributed by atoms with Gasteiger partial charge in [-0.3, -0.25) is 0 Å². The summed E-state index contributed by atoms with van der Waals surface area (Å²) >= 11 is 0. The topological polar surface area (TPSA) is 69.7 Å². The van der Waals surface area contributed by atoms with E-state index in [0.29, 0.717) is 6.92 Å². The number of esters is 1. The van der Waals surface area contributed by atoms with Crippen LogP contribution in [0.5, 0.6) is 0 Å². The summed E-state index contributed by atoms with van der Waals surface area (Å²) in [5.74, 6) is -2.46. The predicted octanol–water partition coefficient (Wildman–Crippen LogP) is 3.03. The summed E-state index contributed by atoms with van der Waals surface area (Å²) in [7, 11) is -5.35. The van der Waals surface area contributed by atoms with Crippen LogP contribution in [-0.2, 0) is 23.8 Å². The monoisotopic (exact) mass is 370 g/mol. The molecule has 5 nitrogen and oxygen atoms in total. The van der Waals surface area contributed by atoms with Gasteiger partial charge in [0.15, 0.2) is 0 Å². The Morgan fingerprint density at radius 3 is 2.09 bits per heavy atom. The van der Waals surface area contributed by atoms with Crippen LogP contribution in [0.4, 0.5) is 26.3 Å². The first-order chi connectivity index (χ1) is 10.1. The van der Waals surface area contributed by atoms with Gasteiger partial charge in [0.2, 0.25) is 0 Å². The summed E-state index contributed by atoms with van der Waals surface area (Å²) in [6, 6.07) is 0. The molecule has 1 aliphatic carbocycles. The number of hydrogen-bond donors (Lipinski definition) is 0. The van der Waals surface area contributed by atoms with Crippen molar-refractivity contribution in [2.24, 2.45) is 5.41 Å². The molecular weight excluding hydrogens is 358 g/mol. The Morgan fingerprint density at radius 2 is 1.70 bits per heavy atom. The molecule has 1 atom stereocenters. The van der Waals surface area contributed by atoms with Crippen LogP contribution in [0.1, 0.15) is 26.2 Å². The minimum absolute atomic E-state index is 0.625. The highest BCUT2D eigenvalue weighted by Gasteiger charge is 2.56. The van der Waals surface area contributed by atoms with E-state index < -0.39 is 63.8 Å². The van der Waals surface area contributed by atoms with E-state index in [9.17, 15) is 39.6 Å². The zero-order chi connectivity index (χ0) is 18.3. The molecule has 0 saturated heterocycles. The van der Waals surface area contributed by atoms with Crippen molar-refractivity contribution < 1.29 is 48.5 Å². The Balaban J connectivity index is 3.33. The lowest BCUT2D eigenvalue weighted by atomic mass is 9.75. The van der Waals surface area contributed by atoms with Crippen molar-refractivity contribution in [1.29, 1.82) is 0 Å². The van der Waals surface area contributed by atoms with Gasteiger partial charge in [-0.25, -0.2) is 4.79 Å². The molecule has 0 fully saturated rings. The number of halogens is 6. The minimum Gasteiger partial charge on any atom is -0.466 e. The van der Waals surface area contributed by atoms with Crippen molar-refractivity contribution in [3.05, 3.63) is 11.3 Å². The molecule has 0 spiro atoms. The van der Waals surface area contributed by atoms with Gasteiger partial charge in [-0.15, -0.1) is 0 Å². The van der Waals surface area contributed by atoms with Gasteiger partial charge in [0.05, 0.1) is 18.1 Å². The van der Waals surface area contributed by atoms with Gasteiger partial charge in [0.1, 0.15) is 5.76 Å². The van der Waals surface area contributed by atoms with E-state index in [1.807, 2.05) is 0 Å². The molecule has 0 bridgehead atoms. The maximum Gasteiger partial charge on any atom is 0.534 e. The third kappa shape index (κ3) is 3.90. The highest BCUT2D eigenvalue weighted by Crippen LogP contribution is 2.51. The van der Waals surface area contributed by atoms with Crippen LogP contribution < -0.4 is 0 Å². The van der Waals surface area contributed by atoms with E-state index in [4.69, 9.17) is 0 Å². The number of rotatable bonds is 3. The molecule has 1 aliphatic rings. The van der Waals surface area contributed by atoms with E-state index in [2.05, 4.69) is 8.92 Å². The molecule has 0 aromatic carbocycles. The summed E-state index contributed by atoms with van der Waals surface area (Å²) in [5, 5.41) is 0. The first kappa shape index (κ1) is 19.6. The maximum absolute atomic E-state index is 13.0. The Hall–Kier alpha value is -1.46. The van der Waals surface area contributed by atoms with Gasteiger partial charge >= 0.3 is 27.8 Å². The summed E-state index contributed by atoms with van der Waals surface area (Å²) in [4.78, 5) is 11.5. The van der Waals surface area contributed by atoms with E-state index in [0.717, 1.165) is 7.11 Å². The first-order valence-electron chi connectivity index (χ1n) is 6.02. The van der Waals surface area contributed by atoms with Crippen LogP contribution >= 0.6 is 0 Å². The average molecular weight is 370 g/mol. The van der Waals surface area contributed by atoms with Crippen LogP contribution in [-0.4, -0.2) is 33.2 Å². The van der Waals surface area contributed by atoms with Gasteiger partial charge in [0.25, 0.3) is 0 Å². The van der Waals surface area contributed by atoms with E-state index in [1.54, 1.807) is 0 Å². The Labute approximate surface area is 127 Å². The highest BCUT2D eigenvalue weighted by molar-refractivity contribution is 7.87. The number of hydrogen-bond acceptors (Lipinski definition) is 5. The zero-order valence-electron chi connectivity index (χ0n) is 11.8. The average Bonchev–Trinajstić information content (AvgIpc) is 2.35. The molecular formula is C11H12F6O5S. The molecule has 0 heterocycles. The minimum atomic E-state index is -6.20. The number of alkyl halides is 6. The number of carbonyl (C=O) groups is 1. The molecule has 0 radical (unpaired) electrons. The third-order valence-corrected chi connectivity index (χ3v) is 4.41. The second kappa shape index (κ2) is 5.87. The maximum atomic E-state index is 13.0. The molecule has 23 heavy (non-hydrogen) atoms. The molecule has 0 aromatic heterocycles. The second-order valence-corrected chi connectivity index (χ2v) is 6.65. The molecule has 0 saturated carbocycles. The lowest BCUT2D eigenvalue weighted by Gasteiger charge is -2.36. The number of allylic oxidation sites excluding steroid dienone is 1. The molecule has 0 aromatic rings. The standard InChI is InChI=1S/C11H12F6O5S/c1-9(10(12,13)14)4-3-6(8(18)21-2)7(5-9)22-23(19,20)11(15,16)17/h3-5H2,1-2H3/t9-/m1/s1. The van der Waals surface area contributed by atoms with Crippen LogP contribution in [0.3, 0.4) is 0 Å². The van der Waals surface area contributed by atoms with E-state index >= 15 is 0 Å². The summed E-state index contributed by atoms with van der Waals surface area (Å²) < 4.78 is 106. The Kier molecular flexibility index (Phi) is 5.00. The van der Waals surface area contributed by atoms with Crippen LogP contribution in [0.2, 0.25) is 0 Å². The molecule has 1 rings (SSSR count). The molecule has 0 unspecified atom stereocenters. The third-order valence-electron chi connectivity index (χ3n) is 3.42. The summed E-state index contributed by atoms with van der Waals surface area (Å²) in [6.07, 6.45) is -7.31. The van der Waals surface area contributed by atoms with Crippen LogP contribution in [0, 0.1) is 5.41 Å². The highest BCUT2D eigenvalue weighted by atomic mass is 32.2. The molecule has 0 N–H and O–H groups in total. The van der Waals surface area contributed by atoms with Crippen LogP contribution in [0.15, 0.2) is 11.3 Å². The zero-order valence-corrected chi connectivity index (χ0v) is 12.7. The fourth-order valence-corrected chi connectivity index (χ4v) is 2.45. The van der Waals surface area contributed by atoms with E-state index in [-0.39, 0.29) is 0 Å². The normalized spacial score (nSPS) is 23.7. The van der Waals surface area contributed by atoms with Gasteiger partial charge in [-0.05, 0) is 12.8 Å². The molecule has 134 valence electrons. The van der Waals surface area contributed by atoms with Crippen molar-refractivity contribution >= 4 is 16.1 Å². The molecule has 0 aliphatic heterocycles. The number of carbonyl (C=O) groups excluding carboxylic acids is 1. The van der Waals surface area contributed by atoms with Crippen LogP contribution in [0.25, 0.3) is 0 Å². The second-order valence-electron chi connectivity index (χ2n) is 5.11. The first-order valence-corrected chi connectivity index (χ1v) is 7.43. The molecule has 12 heteroatoms. The van der Waals surface area contributed by atoms with Gasteiger partial charge in [-0.1, -0.05) is 6.92 Å². The molecule has 0 amide bonds. The smallest absolute Gasteiger partial charge is 0.466 e. The SMILES string of the molecule is COC(=O)C1=C(OS(=O)(=O)C(F)(F)F)C[C@](C)(C(F)(F)F)CC1. The largest absolute Gasteiger partial charge is 0.534 e. The summed E-state index contributed by atoms with van der Waals surface area (Å²) in [5.41, 5.74) is -9.03. The van der Waals surface area contributed by atoms with E-state index in [1.165, 1.54) is 0 Å². The fourth-order valence-electron chi connectivity index (χ4n) is 1.93. The Bertz CT molecular complexity index is 618. The number of methoxy groups -OCH3 is 1. The quantitative estimate of drug-likeness (QED) is 0.331. The van der Waals surface area contributed by atoms with Crippen molar-refractivity contribution in [3.8, 4) is 0 Å². The van der Waals surface area contributed by atoms with Crippen molar-refractivity contribution in [2.75, 3.05) is 7.11 Å². The van der Waals surface area contributed by atoms with Gasteiger partial charge in [-0.2, -0.15) is 34.8 Å². The van der Waals surface area contributed by atoms with Crippen molar-refractivity contribution in [1.82, 2.24) is 0 Å². The predicted molar refractivity (Wildman–Crippen MR) is 63.1 cm³/mol. The van der Waals surface area contributed by atoms with Crippen molar-refractivity contribution in [3.63, 3.8) is 0 Å². The lowest BCUT2D eigenvalue weighted by Crippen LogP contribution is -2.39. The number of ether oxygens (including phenoxy) is 1. The lowest BCUT2D eigenvalue weighted by molar-refractivity contribution is -0.223. The Morgan fingerprint density at radius 1 is 1.17 bits per heavy atom.